The molecule has 2 aliphatic heterocycles. The maximum absolute atomic E-state index is 13.9. The first kappa shape index (κ1) is 35.5. The van der Waals surface area contributed by atoms with Gasteiger partial charge in [0.25, 0.3) is 0 Å². The maximum atomic E-state index is 13.9. The fourth-order valence-electron chi connectivity index (χ4n) is 7.15. The molecule has 4 aromatic carbocycles. The van der Waals surface area contributed by atoms with Gasteiger partial charge < -0.3 is 18.9 Å². The number of sulfone groups is 1. The molecular formula is C42H50O6S. The van der Waals surface area contributed by atoms with Gasteiger partial charge in [-0.15, -0.1) is 0 Å². The first-order valence-corrected chi connectivity index (χ1v) is 19.6. The van der Waals surface area contributed by atoms with Crippen molar-refractivity contribution in [1.29, 1.82) is 0 Å². The lowest BCUT2D eigenvalue weighted by Crippen LogP contribution is -2.57. The average molecular weight is 683 g/mol. The minimum Gasteiger partial charge on any atom is -0.374 e. The third-order valence-electron chi connectivity index (χ3n) is 9.73. The highest BCUT2D eigenvalue weighted by atomic mass is 32.2. The molecule has 7 heteroatoms. The van der Waals surface area contributed by atoms with E-state index >= 15 is 0 Å². The van der Waals surface area contributed by atoms with Gasteiger partial charge in [-0.05, 0) is 41.2 Å². The van der Waals surface area contributed by atoms with Gasteiger partial charge in [0.05, 0.1) is 49.3 Å². The van der Waals surface area contributed by atoms with Crippen molar-refractivity contribution in [3.8, 4) is 0 Å². The third-order valence-corrected chi connectivity index (χ3v) is 11.6. The minimum atomic E-state index is -3.59. The number of ether oxygens (including phenoxy) is 4. The second-order valence-corrected chi connectivity index (χ2v) is 15.5. The zero-order valence-corrected chi connectivity index (χ0v) is 29.4. The Hall–Kier alpha value is -3.33. The fourth-order valence-corrected chi connectivity index (χ4v) is 9.01. The summed E-state index contributed by atoms with van der Waals surface area (Å²) in [5, 5.41) is 0. The number of hydrogen-bond acceptors (Lipinski definition) is 6. The van der Waals surface area contributed by atoms with Crippen molar-refractivity contribution in [2.45, 2.75) is 101 Å². The topological polar surface area (TPSA) is 71.1 Å². The molecule has 0 bridgehead atoms. The predicted molar refractivity (Wildman–Crippen MR) is 193 cm³/mol. The summed E-state index contributed by atoms with van der Waals surface area (Å²) in [7, 11) is -3.59. The van der Waals surface area contributed by atoms with E-state index in [-0.39, 0.29) is 12.4 Å². The molecule has 2 heterocycles. The molecule has 49 heavy (non-hydrogen) atoms. The van der Waals surface area contributed by atoms with Crippen LogP contribution in [0.4, 0.5) is 0 Å². The Morgan fingerprint density at radius 1 is 0.653 bits per heavy atom. The summed E-state index contributed by atoms with van der Waals surface area (Å²) in [4.78, 5) is 0.370. The highest BCUT2D eigenvalue weighted by Crippen LogP contribution is 2.47. The highest BCUT2D eigenvalue weighted by molar-refractivity contribution is 7.91. The quantitative estimate of drug-likeness (QED) is 0.104. The van der Waals surface area contributed by atoms with Crippen LogP contribution in [0.3, 0.4) is 0 Å². The van der Waals surface area contributed by atoms with Crippen molar-refractivity contribution in [1.82, 2.24) is 0 Å². The molecule has 0 aromatic heterocycles. The van der Waals surface area contributed by atoms with Crippen LogP contribution >= 0.6 is 0 Å². The molecular weight excluding hydrogens is 633 g/mol. The van der Waals surface area contributed by atoms with E-state index in [1.54, 1.807) is 6.07 Å². The van der Waals surface area contributed by atoms with Gasteiger partial charge in [0, 0.05) is 11.5 Å². The smallest absolute Gasteiger partial charge is 0.179 e. The first-order chi connectivity index (χ1) is 24.0. The number of benzene rings is 4. The Morgan fingerprint density at radius 3 is 1.86 bits per heavy atom. The highest BCUT2D eigenvalue weighted by Gasteiger charge is 2.52. The molecule has 1 saturated heterocycles. The van der Waals surface area contributed by atoms with Gasteiger partial charge in [-0.2, -0.15) is 0 Å². The van der Waals surface area contributed by atoms with Crippen LogP contribution in [0.15, 0.2) is 114 Å². The number of unbranched alkanes of at least 4 members (excludes halogenated alkanes) is 5. The minimum absolute atomic E-state index is 0.0658. The SMILES string of the molecule is CCCCCCCCc1ccc2c(c1)[C@H]1O[C@H](COCc3ccccc3)[C@@H](OCc3ccccc3)[C@H](OCc3ccccc3)[C@H]1CS2(=O)=O. The van der Waals surface area contributed by atoms with Crippen LogP contribution in [0.5, 0.6) is 0 Å². The molecule has 1 fully saturated rings. The van der Waals surface area contributed by atoms with E-state index < -0.39 is 40.2 Å². The van der Waals surface area contributed by atoms with Crippen LogP contribution in [0.2, 0.25) is 0 Å². The van der Waals surface area contributed by atoms with Crippen LogP contribution in [-0.4, -0.2) is 39.1 Å². The third kappa shape index (κ3) is 9.47. The number of hydrogen-bond donors (Lipinski definition) is 0. The van der Waals surface area contributed by atoms with Gasteiger partial charge in [0.1, 0.15) is 12.2 Å². The van der Waals surface area contributed by atoms with Crippen molar-refractivity contribution >= 4 is 9.84 Å². The Labute approximate surface area is 292 Å². The van der Waals surface area contributed by atoms with Crippen LogP contribution in [0.1, 0.15) is 79.4 Å². The molecule has 0 radical (unpaired) electrons. The lowest BCUT2D eigenvalue weighted by molar-refractivity contribution is -0.245. The molecule has 0 saturated carbocycles. The molecule has 0 aliphatic carbocycles. The maximum Gasteiger partial charge on any atom is 0.179 e. The number of aryl methyl sites for hydroxylation is 1. The molecule has 0 spiro atoms. The zero-order chi connectivity index (χ0) is 33.9. The van der Waals surface area contributed by atoms with E-state index in [1.807, 2.05) is 97.1 Å². The molecule has 6 nitrogen and oxygen atoms in total. The van der Waals surface area contributed by atoms with Gasteiger partial charge in [-0.3, -0.25) is 0 Å². The molecule has 0 unspecified atom stereocenters. The van der Waals surface area contributed by atoms with Crippen LogP contribution < -0.4 is 0 Å². The zero-order valence-electron chi connectivity index (χ0n) is 28.6. The summed E-state index contributed by atoms with van der Waals surface area (Å²) >= 11 is 0. The lowest BCUT2D eigenvalue weighted by atomic mass is 9.83. The number of fused-ring (bicyclic) bond motifs is 3. The molecule has 0 N–H and O–H groups in total. The van der Waals surface area contributed by atoms with Crippen molar-refractivity contribution in [3.05, 3.63) is 137 Å². The molecule has 4 aromatic rings. The summed E-state index contributed by atoms with van der Waals surface area (Å²) in [5.74, 6) is -0.513. The van der Waals surface area contributed by atoms with Crippen LogP contribution in [0, 0.1) is 5.92 Å². The van der Waals surface area contributed by atoms with Gasteiger partial charge in [-0.25, -0.2) is 8.42 Å². The van der Waals surface area contributed by atoms with Gasteiger partial charge in [-0.1, -0.05) is 142 Å². The molecule has 2 aliphatic rings. The van der Waals surface area contributed by atoms with E-state index in [0.29, 0.717) is 24.7 Å². The standard InChI is InChI=1S/C42H50O6S/c1-2-3-4-5-6-10-17-32-24-25-39-36(26-32)40-37(31-49(39,43)44)41(46-28-34-20-13-8-14-21-34)42(47-29-35-22-15-9-16-23-35)38(48-40)30-45-27-33-18-11-7-12-19-33/h7-9,11-16,18-26,37-38,40-42H,2-6,10,17,27-31H2,1H3/t37-,38+,40+,41+,42+/m0/s1. The van der Waals surface area contributed by atoms with Crippen molar-refractivity contribution < 1.29 is 27.4 Å². The summed E-state index contributed by atoms with van der Waals surface area (Å²) in [6.07, 6.45) is 6.13. The predicted octanol–water partition coefficient (Wildman–Crippen LogP) is 8.82. The molecule has 0 amide bonds. The Morgan fingerprint density at radius 2 is 1.22 bits per heavy atom. The van der Waals surface area contributed by atoms with Gasteiger partial charge >= 0.3 is 0 Å². The van der Waals surface area contributed by atoms with Gasteiger partial charge in [0.2, 0.25) is 0 Å². The van der Waals surface area contributed by atoms with E-state index in [9.17, 15) is 8.42 Å². The van der Waals surface area contributed by atoms with Crippen LogP contribution in [0.25, 0.3) is 0 Å². The lowest BCUT2D eigenvalue weighted by Gasteiger charge is -2.48. The second kappa shape index (κ2) is 17.6. The second-order valence-electron chi connectivity index (χ2n) is 13.5. The Balaban J connectivity index is 1.30. The fraction of sp³-hybridized carbons (Fsp3) is 0.429. The largest absolute Gasteiger partial charge is 0.374 e. The van der Waals surface area contributed by atoms with E-state index in [1.165, 1.54) is 32.1 Å². The Kier molecular flexibility index (Phi) is 12.7. The molecule has 260 valence electrons. The summed E-state index contributed by atoms with van der Waals surface area (Å²) in [6.45, 7) is 3.63. The molecule has 6 rings (SSSR count). The van der Waals surface area contributed by atoms with E-state index in [0.717, 1.165) is 40.7 Å². The van der Waals surface area contributed by atoms with Crippen molar-refractivity contribution in [2.75, 3.05) is 12.4 Å². The first-order valence-electron chi connectivity index (χ1n) is 18.0. The summed E-state index contributed by atoms with van der Waals surface area (Å²) in [6, 6.07) is 36.0. The van der Waals surface area contributed by atoms with Crippen molar-refractivity contribution in [2.24, 2.45) is 5.92 Å². The van der Waals surface area contributed by atoms with Gasteiger partial charge in [0.15, 0.2) is 9.84 Å². The summed E-state index contributed by atoms with van der Waals surface area (Å²) in [5.41, 5.74) is 5.00. The normalized spacial score (nSPS) is 22.7. The van der Waals surface area contributed by atoms with Crippen LogP contribution in [-0.2, 0) is 55.0 Å². The monoisotopic (exact) mass is 682 g/mol. The average Bonchev–Trinajstić information content (AvgIpc) is 3.13. The Bertz CT molecular complexity index is 1680. The van der Waals surface area contributed by atoms with Crippen molar-refractivity contribution in [3.63, 3.8) is 0 Å². The van der Waals surface area contributed by atoms with E-state index in [2.05, 4.69) is 13.0 Å². The summed E-state index contributed by atoms with van der Waals surface area (Å²) < 4.78 is 54.6. The number of rotatable bonds is 17. The van der Waals surface area contributed by atoms with E-state index in [4.69, 9.17) is 18.9 Å². The molecule has 5 atom stereocenters.